The molecule has 2 unspecified atom stereocenters. The number of carbonyl (C=O) groups excluding carboxylic acids is 2. The predicted octanol–water partition coefficient (Wildman–Crippen LogP) is 10.2. The van der Waals surface area contributed by atoms with Gasteiger partial charge in [0.15, 0.2) is 12.1 Å². The number of aliphatic carboxylic acids is 1. The van der Waals surface area contributed by atoms with Gasteiger partial charge >= 0.3 is 17.9 Å². The average Bonchev–Trinajstić information content (AvgIpc) is 3.08. The molecule has 0 aliphatic carbocycles. The number of allylic oxidation sites excluding steroid dienone is 10. The Bertz CT molecular complexity index is 1020. The van der Waals surface area contributed by atoms with Gasteiger partial charge in [0, 0.05) is 19.3 Å². The SMILES string of the molecule is CC/C=C\C/C=C\C/C=C\C/C=C\CCCCC(=O)OC(COCCC(C(=O)O)[N+](C)(C)C)COC(=O)CCCCCCC/C=C\CCCCC. The van der Waals surface area contributed by atoms with Crippen LogP contribution in [0.5, 0.6) is 0 Å². The zero-order valence-electron chi connectivity index (χ0n) is 33.0. The number of nitrogens with zero attached hydrogens (tertiary/aromatic N) is 1. The summed E-state index contributed by atoms with van der Waals surface area (Å²) in [5, 5.41) is 9.59. The summed E-state index contributed by atoms with van der Waals surface area (Å²) in [6.45, 7) is 4.52. The van der Waals surface area contributed by atoms with Gasteiger partial charge in [0.25, 0.3) is 0 Å². The molecule has 0 aromatic rings. The summed E-state index contributed by atoms with van der Waals surface area (Å²) in [5.41, 5.74) is 0. The van der Waals surface area contributed by atoms with Gasteiger partial charge in [-0.05, 0) is 77.0 Å². The molecule has 0 amide bonds. The van der Waals surface area contributed by atoms with Crippen molar-refractivity contribution in [2.24, 2.45) is 0 Å². The van der Waals surface area contributed by atoms with E-state index in [0.717, 1.165) is 70.6 Å². The van der Waals surface area contributed by atoms with Crippen molar-refractivity contribution in [3.63, 3.8) is 0 Å². The molecule has 0 fully saturated rings. The van der Waals surface area contributed by atoms with Crippen LogP contribution >= 0.6 is 0 Å². The van der Waals surface area contributed by atoms with Gasteiger partial charge in [0.1, 0.15) is 6.61 Å². The van der Waals surface area contributed by atoms with Gasteiger partial charge in [-0.15, -0.1) is 0 Å². The van der Waals surface area contributed by atoms with E-state index in [0.29, 0.717) is 19.3 Å². The highest BCUT2D eigenvalue weighted by molar-refractivity contribution is 5.72. The Morgan fingerprint density at radius 3 is 1.69 bits per heavy atom. The molecule has 0 saturated heterocycles. The van der Waals surface area contributed by atoms with Crippen molar-refractivity contribution in [3.05, 3.63) is 60.8 Å². The van der Waals surface area contributed by atoms with E-state index in [1.165, 1.54) is 32.1 Å². The summed E-state index contributed by atoms with van der Waals surface area (Å²) in [6.07, 6.45) is 39.8. The van der Waals surface area contributed by atoms with Crippen LogP contribution in [0.4, 0.5) is 0 Å². The van der Waals surface area contributed by atoms with Gasteiger partial charge in [0.05, 0.1) is 34.4 Å². The fraction of sp³-hybridized carbons (Fsp3) is 0.698. The lowest BCUT2D eigenvalue weighted by molar-refractivity contribution is -0.887. The summed E-state index contributed by atoms with van der Waals surface area (Å²) in [5.74, 6) is -1.54. The summed E-state index contributed by atoms with van der Waals surface area (Å²) in [6, 6.07) is -0.624. The molecule has 292 valence electrons. The number of hydrogen-bond acceptors (Lipinski definition) is 6. The van der Waals surface area contributed by atoms with Crippen molar-refractivity contribution in [1.29, 1.82) is 0 Å². The highest BCUT2D eigenvalue weighted by Crippen LogP contribution is 2.12. The van der Waals surface area contributed by atoms with Crippen molar-refractivity contribution in [1.82, 2.24) is 0 Å². The number of likely N-dealkylation sites (N-methyl/N-ethyl adjacent to an activating group) is 1. The van der Waals surface area contributed by atoms with E-state index in [9.17, 15) is 19.5 Å². The van der Waals surface area contributed by atoms with Gasteiger partial charge in [-0.2, -0.15) is 0 Å². The molecule has 1 N–H and O–H groups in total. The molecule has 8 heteroatoms. The molecule has 51 heavy (non-hydrogen) atoms. The number of carboxylic acids is 1. The molecule has 0 saturated carbocycles. The molecule has 0 heterocycles. The molecule has 0 radical (unpaired) electrons. The first-order valence-corrected chi connectivity index (χ1v) is 19.8. The predicted molar refractivity (Wildman–Crippen MR) is 211 cm³/mol. The Balaban J connectivity index is 4.51. The quantitative estimate of drug-likeness (QED) is 0.0306. The van der Waals surface area contributed by atoms with Crippen LogP contribution in [0.1, 0.15) is 142 Å². The summed E-state index contributed by atoms with van der Waals surface area (Å²) >= 11 is 0. The number of carboxylic acid groups (broad SMARTS) is 1. The van der Waals surface area contributed by atoms with E-state index in [-0.39, 0.29) is 42.7 Å². The Hall–Kier alpha value is -2.97. The highest BCUT2D eigenvalue weighted by atomic mass is 16.6. The lowest BCUT2D eigenvalue weighted by Crippen LogP contribution is -2.50. The Labute approximate surface area is 311 Å². The smallest absolute Gasteiger partial charge is 0.362 e. The molecular weight excluding hydrogens is 642 g/mol. The van der Waals surface area contributed by atoms with Crippen LogP contribution in [-0.2, 0) is 28.6 Å². The lowest BCUT2D eigenvalue weighted by Gasteiger charge is -2.31. The second-order valence-electron chi connectivity index (χ2n) is 14.1. The Morgan fingerprint density at radius 2 is 1.10 bits per heavy atom. The van der Waals surface area contributed by atoms with Gasteiger partial charge in [-0.3, -0.25) is 9.59 Å². The topological polar surface area (TPSA) is 99.1 Å². The molecule has 2 atom stereocenters. The third-order valence-electron chi connectivity index (χ3n) is 8.40. The molecule has 0 aliphatic rings. The van der Waals surface area contributed by atoms with Crippen molar-refractivity contribution in [2.45, 2.75) is 154 Å². The molecule has 0 rings (SSSR count). The van der Waals surface area contributed by atoms with E-state index in [1.54, 1.807) is 0 Å². The number of carbonyl (C=O) groups is 3. The number of rotatable bonds is 34. The minimum atomic E-state index is -0.886. The largest absolute Gasteiger partial charge is 0.477 e. The molecular formula is C43H74NO7+. The maximum Gasteiger partial charge on any atom is 0.362 e. The maximum absolute atomic E-state index is 12.7. The summed E-state index contributed by atoms with van der Waals surface area (Å²) < 4.78 is 17.2. The second-order valence-corrected chi connectivity index (χ2v) is 14.1. The van der Waals surface area contributed by atoms with E-state index >= 15 is 0 Å². The van der Waals surface area contributed by atoms with Gasteiger partial charge in [-0.1, -0.05) is 107 Å². The van der Waals surface area contributed by atoms with Crippen LogP contribution in [0.25, 0.3) is 0 Å². The molecule has 0 aliphatic heterocycles. The third kappa shape index (κ3) is 32.7. The van der Waals surface area contributed by atoms with Crippen LogP contribution in [0.2, 0.25) is 0 Å². The van der Waals surface area contributed by atoms with Gasteiger partial charge in [-0.25, -0.2) is 4.79 Å². The lowest BCUT2D eigenvalue weighted by atomic mass is 10.1. The highest BCUT2D eigenvalue weighted by Gasteiger charge is 2.31. The number of unbranched alkanes of at least 4 members (excludes halogenated alkanes) is 10. The van der Waals surface area contributed by atoms with Crippen LogP contribution in [0, 0.1) is 0 Å². The van der Waals surface area contributed by atoms with Crippen LogP contribution < -0.4 is 0 Å². The normalized spacial score (nSPS) is 13.7. The molecule has 8 nitrogen and oxygen atoms in total. The summed E-state index contributed by atoms with van der Waals surface area (Å²) in [7, 11) is 5.49. The average molecular weight is 717 g/mol. The molecule has 0 aromatic carbocycles. The van der Waals surface area contributed by atoms with Crippen LogP contribution in [0.15, 0.2) is 60.8 Å². The van der Waals surface area contributed by atoms with Crippen molar-refractivity contribution < 1.29 is 38.2 Å². The van der Waals surface area contributed by atoms with E-state index in [4.69, 9.17) is 14.2 Å². The van der Waals surface area contributed by atoms with Gasteiger partial charge in [0.2, 0.25) is 0 Å². The first-order chi connectivity index (χ1) is 24.6. The Kier molecular flexibility index (Phi) is 32.1. The minimum Gasteiger partial charge on any atom is -0.477 e. The van der Waals surface area contributed by atoms with Gasteiger partial charge < -0.3 is 23.8 Å². The van der Waals surface area contributed by atoms with Crippen molar-refractivity contribution in [2.75, 3.05) is 41.0 Å². The first kappa shape index (κ1) is 48.0. The number of esters is 2. The fourth-order valence-corrected chi connectivity index (χ4v) is 5.31. The zero-order chi connectivity index (χ0) is 37.8. The molecule has 0 spiro atoms. The fourth-order valence-electron chi connectivity index (χ4n) is 5.31. The van der Waals surface area contributed by atoms with E-state index in [2.05, 4.69) is 74.6 Å². The van der Waals surface area contributed by atoms with Crippen LogP contribution in [-0.4, -0.2) is 80.6 Å². The maximum atomic E-state index is 12.7. The monoisotopic (exact) mass is 717 g/mol. The zero-order valence-corrected chi connectivity index (χ0v) is 33.0. The standard InChI is InChI=1S/C43H73NO7/c1-6-8-10-12-14-16-18-20-21-22-24-26-28-30-32-34-42(46)51-39(37-49-36-35-40(43(47)48)44(3,4)5)38-50-41(45)33-31-29-27-25-23-19-17-15-13-11-9-7-2/h8,10,14-17,20-21,24,26,39-40H,6-7,9,11-13,18-19,22-23,25,27-38H2,1-5H3/p+1/b10-8-,16-14-,17-15-,21-20-,26-24-. The van der Waals surface area contributed by atoms with Crippen molar-refractivity contribution >= 4 is 17.9 Å². The molecule has 0 bridgehead atoms. The first-order valence-electron chi connectivity index (χ1n) is 19.8. The minimum absolute atomic E-state index is 0.0392. The van der Waals surface area contributed by atoms with Crippen molar-refractivity contribution in [3.8, 4) is 0 Å². The van der Waals surface area contributed by atoms with E-state index in [1.807, 2.05) is 21.1 Å². The molecule has 0 aromatic heterocycles. The Morgan fingerprint density at radius 1 is 0.608 bits per heavy atom. The number of quaternary nitrogens is 1. The van der Waals surface area contributed by atoms with E-state index < -0.39 is 18.1 Å². The number of ether oxygens (including phenoxy) is 3. The summed E-state index contributed by atoms with van der Waals surface area (Å²) in [4.78, 5) is 36.8. The third-order valence-corrected chi connectivity index (χ3v) is 8.40. The number of hydrogen-bond donors (Lipinski definition) is 1. The van der Waals surface area contributed by atoms with Crippen LogP contribution in [0.3, 0.4) is 0 Å². The second kappa shape index (κ2) is 34.1.